The lowest BCUT2D eigenvalue weighted by Crippen LogP contribution is -2.34. The molecule has 0 aliphatic rings. The predicted octanol–water partition coefficient (Wildman–Crippen LogP) is 5.31. The van der Waals surface area contributed by atoms with Crippen LogP contribution in [0.2, 0.25) is 5.02 Å². The number of alkyl halides is 2. The summed E-state index contributed by atoms with van der Waals surface area (Å²) in [6, 6.07) is 6.15. The van der Waals surface area contributed by atoms with E-state index >= 15 is 0 Å². The van der Waals surface area contributed by atoms with Crippen molar-refractivity contribution in [3.63, 3.8) is 0 Å². The number of halogens is 3. The topological polar surface area (TPSA) is 0 Å². The third-order valence-electron chi connectivity index (χ3n) is 3.51. The lowest BCUT2D eigenvalue weighted by atomic mass is 9.76. The number of benzene rings is 1. The molecule has 96 valence electrons. The molecule has 0 unspecified atom stereocenters. The Labute approximate surface area is 119 Å². The van der Waals surface area contributed by atoms with E-state index in [1.165, 1.54) is 5.56 Å². The molecule has 0 nitrogen and oxygen atoms in total. The Morgan fingerprint density at radius 3 is 2.18 bits per heavy atom. The SMILES string of the molecule is Cc1ccc(CC(CCl)(CCl)C(C)C)c(Cl)c1. The molecule has 0 amide bonds. The van der Waals surface area contributed by atoms with Crippen LogP contribution in [0, 0.1) is 18.3 Å². The van der Waals surface area contributed by atoms with Gasteiger partial charge in [0.1, 0.15) is 0 Å². The van der Waals surface area contributed by atoms with Crippen LogP contribution in [-0.2, 0) is 6.42 Å². The standard InChI is InChI=1S/C14H19Cl3/c1-10(2)14(8-15,9-16)7-12-5-4-11(3)6-13(12)17/h4-6,10H,7-9H2,1-3H3. The normalized spacial score (nSPS) is 12.2. The van der Waals surface area contributed by atoms with Gasteiger partial charge in [-0.05, 0) is 36.5 Å². The highest BCUT2D eigenvalue weighted by Gasteiger charge is 2.33. The maximum absolute atomic E-state index is 6.27. The number of hydrogen-bond donors (Lipinski definition) is 0. The van der Waals surface area contributed by atoms with Crippen LogP contribution in [0.1, 0.15) is 25.0 Å². The number of rotatable bonds is 5. The highest BCUT2D eigenvalue weighted by Crippen LogP contribution is 2.36. The van der Waals surface area contributed by atoms with E-state index in [9.17, 15) is 0 Å². The van der Waals surface area contributed by atoms with Crippen molar-refractivity contribution < 1.29 is 0 Å². The summed E-state index contributed by atoms with van der Waals surface area (Å²) in [6.07, 6.45) is 0.830. The molecule has 0 saturated heterocycles. The third-order valence-corrected chi connectivity index (χ3v) is 4.92. The van der Waals surface area contributed by atoms with Gasteiger partial charge < -0.3 is 0 Å². The van der Waals surface area contributed by atoms with Crippen molar-refractivity contribution in [3.05, 3.63) is 34.3 Å². The lowest BCUT2D eigenvalue weighted by Gasteiger charge is -2.34. The molecule has 0 aliphatic heterocycles. The second-order valence-corrected chi connectivity index (χ2v) is 6.00. The minimum atomic E-state index is -0.0813. The first kappa shape index (κ1) is 15.1. The van der Waals surface area contributed by atoms with E-state index in [-0.39, 0.29) is 5.41 Å². The first-order valence-corrected chi connectivity index (χ1v) is 7.27. The van der Waals surface area contributed by atoms with Crippen molar-refractivity contribution in [3.8, 4) is 0 Å². The molecule has 3 heteroatoms. The zero-order chi connectivity index (χ0) is 13.1. The molecule has 0 spiro atoms. The minimum Gasteiger partial charge on any atom is -0.126 e. The third kappa shape index (κ3) is 3.53. The first-order valence-electron chi connectivity index (χ1n) is 5.82. The van der Waals surface area contributed by atoms with Gasteiger partial charge in [-0.2, -0.15) is 0 Å². The fraction of sp³-hybridized carbons (Fsp3) is 0.571. The van der Waals surface area contributed by atoms with Gasteiger partial charge in [0.15, 0.2) is 0 Å². The van der Waals surface area contributed by atoms with Crippen molar-refractivity contribution in [2.24, 2.45) is 11.3 Å². The summed E-state index contributed by atoms with van der Waals surface area (Å²) in [5, 5.41) is 0.810. The van der Waals surface area contributed by atoms with Crippen molar-refractivity contribution in [2.45, 2.75) is 27.2 Å². The van der Waals surface area contributed by atoms with E-state index < -0.39 is 0 Å². The molecule has 17 heavy (non-hydrogen) atoms. The van der Waals surface area contributed by atoms with Crippen molar-refractivity contribution in [1.29, 1.82) is 0 Å². The van der Waals surface area contributed by atoms with Gasteiger partial charge in [-0.1, -0.05) is 37.6 Å². The summed E-state index contributed by atoms with van der Waals surface area (Å²) >= 11 is 18.5. The average molecular weight is 294 g/mol. The van der Waals surface area contributed by atoms with E-state index in [0.717, 1.165) is 17.0 Å². The summed E-state index contributed by atoms with van der Waals surface area (Å²) in [7, 11) is 0. The van der Waals surface area contributed by atoms with Crippen LogP contribution in [0.5, 0.6) is 0 Å². The Bertz CT molecular complexity index is 368. The van der Waals surface area contributed by atoms with Gasteiger partial charge in [-0.15, -0.1) is 23.2 Å². The van der Waals surface area contributed by atoms with E-state index in [4.69, 9.17) is 34.8 Å². The van der Waals surface area contributed by atoms with E-state index in [2.05, 4.69) is 26.0 Å². The van der Waals surface area contributed by atoms with Crippen LogP contribution in [-0.4, -0.2) is 11.8 Å². The fourth-order valence-corrected chi connectivity index (χ4v) is 3.21. The smallest absolute Gasteiger partial charge is 0.0440 e. The molecule has 0 fully saturated rings. The Morgan fingerprint density at radius 2 is 1.76 bits per heavy atom. The molecule has 1 aromatic rings. The molecule has 0 heterocycles. The fourth-order valence-electron chi connectivity index (χ4n) is 1.82. The molecule has 1 aromatic carbocycles. The van der Waals surface area contributed by atoms with Gasteiger partial charge in [-0.3, -0.25) is 0 Å². The molecular weight excluding hydrogens is 275 g/mol. The summed E-state index contributed by atoms with van der Waals surface area (Å²) < 4.78 is 0. The van der Waals surface area contributed by atoms with Gasteiger partial charge in [-0.25, -0.2) is 0 Å². The van der Waals surface area contributed by atoms with Crippen LogP contribution in [0.3, 0.4) is 0 Å². The molecule has 0 radical (unpaired) electrons. The summed E-state index contributed by atoms with van der Waals surface area (Å²) in [6.45, 7) is 6.36. The molecule has 0 atom stereocenters. The summed E-state index contributed by atoms with van der Waals surface area (Å²) in [5.41, 5.74) is 2.22. The Hall–Kier alpha value is 0.0900. The monoisotopic (exact) mass is 292 g/mol. The molecule has 0 saturated carbocycles. The minimum absolute atomic E-state index is 0.0813. The number of hydrogen-bond acceptors (Lipinski definition) is 0. The van der Waals surface area contributed by atoms with E-state index in [1.54, 1.807) is 0 Å². The summed E-state index contributed by atoms with van der Waals surface area (Å²) in [5.74, 6) is 1.53. The van der Waals surface area contributed by atoms with Gasteiger partial charge in [0.2, 0.25) is 0 Å². The molecule has 1 rings (SSSR count). The summed E-state index contributed by atoms with van der Waals surface area (Å²) in [4.78, 5) is 0. The Morgan fingerprint density at radius 1 is 1.18 bits per heavy atom. The van der Waals surface area contributed by atoms with Crippen LogP contribution < -0.4 is 0 Å². The second kappa shape index (κ2) is 6.31. The Balaban J connectivity index is 3.01. The lowest BCUT2D eigenvalue weighted by molar-refractivity contribution is 0.259. The first-order chi connectivity index (χ1) is 7.95. The van der Waals surface area contributed by atoms with Gasteiger partial charge in [0, 0.05) is 22.2 Å². The Kier molecular flexibility index (Phi) is 5.63. The van der Waals surface area contributed by atoms with Crippen LogP contribution in [0.4, 0.5) is 0 Å². The molecule has 0 aliphatic carbocycles. The van der Waals surface area contributed by atoms with Crippen molar-refractivity contribution in [1.82, 2.24) is 0 Å². The van der Waals surface area contributed by atoms with Gasteiger partial charge >= 0.3 is 0 Å². The molecule has 0 N–H and O–H groups in total. The van der Waals surface area contributed by atoms with Crippen LogP contribution >= 0.6 is 34.8 Å². The largest absolute Gasteiger partial charge is 0.126 e. The van der Waals surface area contributed by atoms with Crippen molar-refractivity contribution >= 4 is 34.8 Å². The van der Waals surface area contributed by atoms with Gasteiger partial charge in [0.25, 0.3) is 0 Å². The van der Waals surface area contributed by atoms with E-state index in [0.29, 0.717) is 17.7 Å². The maximum atomic E-state index is 6.27. The zero-order valence-corrected chi connectivity index (χ0v) is 12.8. The zero-order valence-electron chi connectivity index (χ0n) is 10.6. The molecule has 0 bridgehead atoms. The van der Waals surface area contributed by atoms with Crippen LogP contribution in [0.15, 0.2) is 18.2 Å². The molecule has 0 aromatic heterocycles. The molecular formula is C14H19Cl3. The second-order valence-electron chi connectivity index (χ2n) is 5.06. The predicted molar refractivity (Wildman–Crippen MR) is 78.6 cm³/mol. The van der Waals surface area contributed by atoms with Gasteiger partial charge in [0.05, 0.1) is 0 Å². The van der Waals surface area contributed by atoms with Crippen LogP contribution in [0.25, 0.3) is 0 Å². The van der Waals surface area contributed by atoms with E-state index in [1.807, 2.05) is 13.0 Å². The quantitative estimate of drug-likeness (QED) is 0.645. The number of aryl methyl sites for hydroxylation is 1. The maximum Gasteiger partial charge on any atom is 0.0440 e. The van der Waals surface area contributed by atoms with Crippen molar-refractivity contribution in [2.75, 3.05) is 11.8 Å². The highest BCUT2D eigenvalue weighted by molar-refractivity contribution is 6.31. The highest BCUT2D eigenvalue weighted by atomic mass is 35.5. The average Bonchev–Trinajstić information content (AvgIpc) is 2.28.